The Morgan fingerprint density at radius 3 is 2.52 bits per heavy atom. The van der Waals surface area contributed by atoms with E-state index >= 15 is 0 Å². The van der Waals surface area contributed by atoms with Gasteiger partial charge in [0.2, 0.25) is 0 Å². The summed E-state index contributed by atoms with van der Waals surface area (Å²) in [5, 5.41) is 0.498. The van der Waals surface area contributed by atoms with E-state index in [1.165, 1.54) is 6.07 Å². The van der Waals surface area contributed by atoms with E-state index in [1.54, 1.807) is 18.2 Å². The van der Waals surface area contributed by atoms with Crippen LogP contribution in [0.25, 0.3) is 22.3 Å². The average molecular weight is 303 g/mol. The second kappa shape index (κ2) is 5.41. The number of benzene rings is 2. The maximum Gasteiger partial charge on any atom is 0.186 e. The van der Waals surface area contributed by atoms with Crippen LogP contribution in [0.15, 0.2) is 36.4 Å². The van der Waals surface area contributed by atoms with Gasteiger partial charge in [-0.15, -0.1) is 0 Å². The molecule has 0 aliphatic carbocycles. The standard InChI is InChI=1S/C15H10BClF2N2/c16-7-12-14(8-3-1-2-4-9(8)17)21-15-11(20-12)6-5-10(18)13(15)19/h1-6H,7,16H2. The summed E-state index contributed by atoms with van der Waals surface area (Å²) in [6.07, 6.45) is 0.614. The van der Waals surface area contributed by atoms with Crippen LogP contribution in [0.2, 0.25) is 5.02 Å². The van der Waals surface area contributed by atoms with Gasteiger partial charge in [-0.3, -0.25) is 0 Å². The molecule has 0 unspecified atom stereocenters. The minimum Gasteiger partial charge on any atom is -0.250 e. The molecule has 0 radical (unpaired) electrons. The van der Waals surface area contributed by atoms with E-state index in [-0.39, 0.29) is 5.52 Å². The average Bonchev–Trinajstić information content (AvgIpc) is 2.50. The molecule has 104 valence electrons. The van der Waals surface area contributed by atoms with E-state index in [1.807, 2.05) is 13.9 Å². The van der Waals surface area contributed by atoms with E-state index in [9.17, 15) is 8.78 Å². The molecular formula is C15H10BClF2N2. The molecule has 0 saturated heterocycles. The van der Waals surface area contributed by atoms with E-state index < -0.39 is 11.6 Å². The van der Waals surface area contributed by atoms with Crippen molar-refractivity contribution in [2.24, 2.45) is 0 Å². The van der Waals surface area contributed by atoms with Gasteiger partial charge < -0.3 is 0 Å². The van der Waals surface area contributed by atoms with Crippen LogP contribution in [0.5, 0.6) is 0 Å². The number of fused-ring (bicyclic) bond motifs is 1. The maximum atomic E-state index is 13.9. The van der Waals surface area contributed by atoms with Crippen molar-refractivity contribution >= 4 is 30.5 Å². The largest absolute Gasteiger partial charge is 0.250 e. The van der Waals surface area contributed by atoms with Crippen molar-refractivity contribution in [3.05, 3.63) is 58.7 Å². The molecule has 0 atom stereocenters. The van der Waals surface area contributed by atoms with Crippen molar-refractivity contribution in [1.29, 1.82) is 0 Å². The van der Waals surface area contributed by atoms with Gasteiger partial charge in [-0.1, -0.05) is 29.8 Å². The van der Waals surface area contributed by atoms with Crippen molar-refractivity contribution in [2.75, 3.05) is 0 Å². The molecular weight excluding hydrogens is 292 g/mol. The molecule has 0 bridgehead atoms. The Kier molecular flexibility index (Phi) is 3.59. The third-order valence-electron chi connectivity index (χ3n) is 3.26. The van der Waals surface area contributed by atoms with Crippen LogP contribution in [0.1, 0.15) is 5.69 Å². The van der Waals surface area contributed by atoms with Crippen LogP contribution in [0.3, 0.4) is 0 Å². The molecule has 3 aromatic rings. The Morgan fingerprint density at radius 1 is 1.05 bits per heavy atom. The van der Waals surface area contributed by atoms with E-state index in [0.29, 0.717) is 33.8 Å². The van der Waals surface area contributed by atoms with Crippen molar-refractivity contribution in [1.82, 2.24) is 9.97 Å². The zero-order chi connectivity index (χ0) is 15.0. The van der Waals surface area contributed by atoms with Crippen LogP contribution in [-0.4, -0.2) is 17.8 Å². The molecule has 0 spiro atoms. The summed E-state index contributed by atoms with van der Waals surface area (Å²) in [5.41, 5.74) is 2.10. The van der Waals surface area contributed by atoms with Gasteiger partial charge in [0.25, 0.3) is 0 Å². The van der Waals surface area contributed by atoms with Gasteiger partial charge in [0.05, 0.1) is 21.9 Å². The van der Waals surface area contributed by atoms with Gasteiger partial charge in [0, 0.05) is 5.56 Å². The molecule has 1 heterocycles. The summed E-state index contributed by atoms with van der Waals surface area (Å²) in [6.45, 7) is 0. The fourth-order valence-corrected chi connectivity index (χ4v) is 2.44. The molecule has 0 aliphatic rings. The Bertz CT molecular complexity index is 839. The normalized spacial score (nSPS) is 11.0. The number of halogens is 3. The monoisotopic (exact) mass is 302 g/mol. The van der Waals surface area contributed by atoms with Crippen LogP contribution < -0.4 is 0 Å². The molecule has 6 heteroatoms. The molecule has 2 nitrogen and oxygen atoms in total. The van der Waals surface area contributed by atoms with Crippen molar-refractivity contribution in [3.8, 4) is 11.3 Å². The molecule has 0 saturated carbocycles. The smallest absolute Gasteiger partial charge is 0.186 e. The summed E-state index contributed by atoms with van der Waals surface area (Å²) in [5.74, 6) is -1.93. The van der Waals surface area contributed by atoms with Gasteiger partial charge in [-0.25, -0.2) is 18.7 Å². The zero-order valence-corrected chi connectivity index (χ0v) is 12.0. The molecule has 0 aliphatic heterocycles. The first-order valence-corrected chi connectivity index (χ1v) is 6.89. The summed E-state index contributed by atoms with van der Waals surface area (Å²) >= 11 is 6.17. The summed E-state index contributed by atoms with van der Waals surface area (Å²) in [6, 6.07) is 9.61. The molecule has 2 aromatic carbocycles. The molecule has 0 amide bonds. The molecule has 21 heavy (non-hydrogen) atoms. The number of aromatic nitrogens is 2. The van der Waals surface area contributed by atoms with E-state index in [0.717, 1.165) is 6.07 Å². The lowest BCUT2D eigenvalue weighted by atomic mass is 9.97. The second-order valence-electron chi connectivity index (χ2n) is 4.58. The van der Waals surface area contributed by atoms with Gasteiger partial charge in [0.15, 0.2) is 11.6 Å². The van der Waals surface area contributed by atoms with Crippen LogP contribution in [0, 0.1) is 11.6 Å². The minimum absolute atomic E-state index is 0.0814. The van der Waals surface area contributed by atoms with E-state index in [2.05, 4.69) is 9.97 Å². The van der Waals surface area contributed by atoms with Crippen molar-refractivity contribution in [2.45, 2.75) is 6.32 Å². The molecule has 0 fully saturated rings. The maximum absolute atomic E-state index is 13.9. The van der Waals surface area contributed by atoms with Gasteiger partial charge in [-0.2, -0.15) is 0 Å². The highest BCUT2D eigenvalue weighted by Crippen LogP contribution is 2.30. The third-order valence-corrected chi connectivity index (χ3v) is 3.59. The summed E-state index contributed by atoms with van der Waals surface area (Å²) in [4.78, 5) is 8.66. The summed E-state index contributed by atoms with van der Waals surface area (Å²) in [7, 11) is 1.93. The Labute approximate surface area is 126 Å². The zero-order valence-electron chi connectivity index (χ0n) is 11.2. The lowest BCUT2D eigenvalue weighted by Gasteiger charge is -2.10. The molecule has 3 rings (SSSR count). The minimum atomic E-state index is -0.990. The van der Waals surface area contributed by atoms with Crippen LogP contribution in [-0.2, 0) is 6.32 Å². The first kappa shape index (κ1) is 14.0. The topological polar surface area (TPSA) is 25.8 Å². The lowest BCUT2D eigenvalue weighted by molar-refractivity contribution is 0.515. The van der Waals surface area contributed by atoms with Gasteiger partial charge in [0.1, 0.15) is 13.4 Å². The van der Waals surface area contributed by atoms with Gasteiger partial charge in [-0.05, 0) is 24.5 Å². The predicted octanol–water partition coefficient (Wildman–Crippen LogP) is 3.36. The third kappa shape index (κ3) is 2.38. The van der Waals surface area contributed by atoms with Crippen LogP contribution >= 0.6 is 11.6 Å². The molecule has 1 aromatic heterocycles. The second-order valence-corrected chi connectivity index (χ2v) is 4.99. The number of nitrogens with zero attached hydrogens (tertiary/aromatic N) is 2. The number of rotatable bonds is 2. The lowest BCUT2D eigenvalue weighted by Crippen LogP contribution is -2.02. The van der Waals surface area contributed by atoms with Gasteiger partial charge >= 0.3 is 0 Å². The number of hydrogen-bond donors (Lipinski definition) is 0. The highest BCUT2D eigenvalue weighted by atomic mass is 35.5. The number of hydrogen-bond acceptors (Lipinski definition) is 2. The SMILES string of the molecule is BCc1nc2ccc(F)c(F)c2nc1-c1ccccc1Cl. The predicted molar refractivity (Wildman–Crippen MR) is 82.1 cm³/mol. The summed E-state index contributed by atoms with van der Waals surface area (Å²) < 4.78 is 27.3. The fraction of sp³-hybridized carbons (Fsp3) is 0.0667. The highest BCUT2D eigenvalue weighted by Gasteiger charge is 2.16. The first-order chi connectivity index (χ1) is 10.1. The molecule has 0 N–H and O–H groups in total. The van der Waals surface area contributed by atoms with E-state index in [4.69, 9.17) is 11.6 Å². The first-order valence-electron chi connectivity index (χ1n) is 6.51. The van der Waals surface area contributed by atoms with Crippen molar-refractivity contribution in [3.63, 3.8) is 0 Å². The van der Waals surface area contributed by atoms with Crippen LogP contribution in [0.4, 0.5) is 8.78 Å². The van der Waals surface area contributed by atoms with Crippen molar-refractivity contribution < 1.29 is 8.78 Å². The Morgan fingerprint density at radius 2 is 1.81 bits per heavy atom. The fourth-order valence-electron chi connectivity index (χ4n) is 2.22. The Hall–Kier alpha value is -2.01. The quantitative estimate of drug-likeness (QED) is 0.678. The highest BCUT2D eigenvalue weighted by molar-refractivity contribution is 6.33. The Balaban J connectivity index is 2.36.